The minimum Gasteiger partial charge on any atom is -0.355 e. The first-order chi connectivity index (χ1) is 9.25. The molecule has 20 heavy (non-hydrogen) atoms. The number of hydrogen-bond acceptors (Lipinski definition) is 3. The summed E-state index contributed by atoms with van der Waals surface area (Å²) in [5.41, 5.74) is 3.37. The number of hydrogen-bond donors (Lipinski definition) is 2. The van der Waals surface area contributed by atoms with Gasteiger partial charge in [0.1, 0.15) is 5.02 Å². The van der Waals surface area contributed by atoms with Crippen LogP contribution < -0.4 is 16.6 Å². The Labute approximate surface area is 117 Å². The van der Waals surface area contributed by atoms with Crippen molar-refractivity contribution in [3.63, 3.8) is 0 Å². The first-order valence-electron chi connectivity index (χ1n) is 5.69. The van der Waals surface area contributed by atoms with Crippen molar-refractivity contribution in [2.75, 3.05) is 13.1 Å². The quantitative estimate of drug-likeness (QED) is 0.851. The van der Waals surface area contributed by atoms with Gasteiger partial charge in [0.05, 0.1) is 5.56 Å². The molecule has 0 aromatic carbocycles. The number of rotatable bonds is 5. The van der Waals surface area contributed by atoms with E-state index in [1.165, 1.54) is 0 Å². The highest BCUT2D eigenvalue weighted by Crippen LogP contribution is 2.29. The van der Waals surface area contributed by atoms with Crippen molar-refractivity contribution < 1.29 is 18.0 Å². The van der Waals surface area contributed by atoms with Gasteiger partial charge in [-0.05, 0) is 6.07 Å². The van der Waals surface area contributed by atoms with E-state index in [9.17, 15) is 22.8 Å². The zero-order valence-electron chi connectivity index (χ0n) is 10.3. The monoisotopic (exact) mass is 311 g/mol. The predicted octanol–water partition coefficient (Wildman–Crippen LogP) is 0.985. The second-order valence-electron chi connectivity index (χ2n) is 3.96. The molecule has 1 heterocycles. The van der Waals surface area contributed by atoms with Crippen LogP contribution in [0.25, 0.3) is 0 Å². The number of amides is 1. The Kier molecular flexibility index (Phi) is 5.58. The second kappa shape index (κ2) is 6.76. The van der Waals surface area contributed by atoms with Gasteiger partial charge in [-0.25, -0.2) is 0 Å². The third kappa shape index (κ3) is 4.53. The highest BCUT2D eigenvalue weighted by Gasteiger charge is 2.32. The second-order valence-corrected chi connectivity index (χ2v) is 4.37. The standard InChI is InChI=1S/C11H13ClF3N3O2/c12-8-5-7(11(13,14)15)6-18(10(8)20)4-1-9(19)17-3-2-16/h5-6H,1-4,16H2,(H,17,19). The molecule has 0 aliphatic rings. The molecule has 0 atom stereocenters. The number of carbonyl (C=O) groups is 1. The minimum absolute atomic E-state index is 0.141. The minimum atomic E-state index is -4.61. The van der Waals surface area contributed by atoms with Gasteiger partial charge in [0, 0.05) is 32.3 Å². The van der Waals surface area contributed by atoms with Crippen LogP contribution in [0, 0.1) is 0 Å². The maximum absolute atomic E-state index is 12.6. The molecule has 1 aromatic rings. The molecule has 5 nitrogen and oxygen atoms in total. The average molecular weight is 312 g/mol. The lowest BCUT2D eigenvalue weighted by Gasteiger charge is -2.11. The summed E-state index contributed by atoms with van der Waals surface area (Å²) in [6, 6.07) is 0.564. The molecular weight excluding hydrogens is 299 g/mol. The zero-order chi connectivity index (χ0) is 15.3. The van der Waals surface area contributed by atoms with Crippen LogP contribution in [0.4, 0.5) is 13.2 Å². The van der Waals surface area contributed by atoms with Crippen molar-refractivity contribution in [2.24, 2.45) is 5.73 Å². The molecule has 112 valence electrons. The maximum atomic E-state index is 12.6. The van der Waals surface area contributed by atoms with Crippen molar-refractivity contribution in [1.82, 2.24) is 9.88 Å². The third-order valence-electron chi connectivity index (χ3n) is 2.42. The van der Waals surface area contributed by atoms with Crippen molar-refractivity contribution >= 4 is 17.5 Å². The summed E-state index contributed by atoms with van der Waals surface area (Å²) in [5.74, 6) is -0.407. The van der Waals surface area contributed by atoms with Gasteiger partial charge in [0.2, 0.25) is 5.91 Å². The highest BCUT2D eigenvalue weighted by molar-refractivity contribution is 6.30. The number of nitrogens with zero attached hydrogens (tertiary/aromatic N) is 1. The number of nitrogens with two attached hydrogens (primary N) is 1. The lowest BCUT2D eigenvalue weighted by molar-refractivity contribution is -0.138. The largest absolute Gasteiger partial charge is 0.417 e. The summed E-state index contributed by atoms with van der Waals surface area (Å²) < 4.78 is 38.5. The van der Waals surface area contributed by atoms with Crippen LogP contribution in [0.3, 0.4) is 0 Å². The van der Waals surface area contributed by atoms with Gasteiger partial charge in [0.25, 0.3) is 5.56 Å². The van der Waals surface area contributed by atoms with Crippen molar-refractivity contribution in [3.8, 4) is 0 Å². The molecule has 0 spiro atoms. The molecular formula is C11H13ClF3N3O2. The van der Waals surface area contributed by atoms with Crippen molar-refractivity contribution in [2.45, 2.75) is 19.1 Å². The van der Waals surface area contributed by atoms with Gasteiger partial charge in [-0.15, -0.1) is 0 Å². The number of pyridine rings is 1. The van der Waals surface area contributed by atoms with Crippen molar-refractivity contribution in [3.05, 3.63) is 33.2 Å². The van der Waals surface area contributed by atoms with Crippen LogP contribution in [0.15, 0.2) is 17.1 Å². The van der Waals surface area contributed by atoms with Gasteiger partial charge < -0.3 is 15.6 Å². The van der Waals surface area contributed by atoms with E-state index in [4.69, 9.17) is 17.3 Å². The van der Waals surface area contributed by atoms with Crippen LogP contribution >= 0.6 is 11.6 Å². The fourth-order valence-electron chi connectivity index (χ4n) is 1.44. The van der Waals surface area contributed by atoms with E-state index >= 15 is 0 Å². The van der Waals surface area contributed by atoms with E-state index in [1.807, 2.05) is 0 Å². The lowest BCUT2D eigenvalue weighted by atomic mass is 10.2. The number of halogens is 4. The molecule has 0 unspecified atom stereocenters. The molecule has 0 fully saturated rings. The first kappa shape index (κ1) is 16.5. The van der Waals surface area contributed by atoms with Crippen LogP contribution in [0.1, 0.15) is 12.0 Å². The fraction of sp³-hybridized carbons (Fsp3) is 0.455. The Morgan fingerprint density at radius 1 is 1.45 bits per heavy atom. The molecule has 3 N–H and O–H groups in total. The molecule has 0 aliphatic carbocycles. The molecule has 1 aromatic heterocycles. The number of carbonyl (C=O) groups excluding carboxylic acids is 1. The smallest absolute Gasteiger partial charge is 0.355 e. The molecule has 0 saturated heterocycles. The molecule has 1 amide bonds. The van der Waals surface area contributed by atoms with Crippen molar-refractivity contribution in [1.29, 1.82) is 0 Å². The SMILES string of the molecule is NCCNC(=O)CCn1cc(C(F)(F)F)cc(Cl)c1=O. The lowest BCUT2D eigenvalue weighted by Crippen LogP contribution is -2.31. The topological polar surface area (TPSA) is 77.1 Å². The highest BCUT2D eigenvalue weighted by atomic mass is 35.5. The van der Waals surface area contributed by atoms with Crippen LogP contribution in [0.2, 0.25) is 5.02 Å². The fourth-order valence-corrected chi connectivity index (χ4v) is 1.67. The normalized spacial score (nSPS) is 11.4. The van der Waals surface area contributed by atoms with E-state index in [0.29, 0.717) is 12.3 Å². The first-order valence-corrected chi connectivity index (χ1v) is 6.07. The maximum Gasteiger partial charge on any atom is 0.417 e. The third-order valence-corrected chi connectivity index (χ3v) is 2.69. The zero-order valence-corrected chi connectivity index (χ0v) is 11.1. The number of alkyl halides is 3. The van der Waals surface area contributed by atoms with E-state index in [0.717, 1.165) is 4.57 Å². The Hall–Kier alpha value is -1.54. The summed E-state index contributed by atoms with van der Waals surface area (Å²) in [5, 5.41) is 1.91. The van der Waals surface area contributed by atoms with Gasteiger partial charge in [-0.3, -0.25) is 9.59 Å². The van der Waals surface area contributed by atoms with Gasteiger partial charge >= 0.3 is 6.18 Å². The number of aromatic nitrogens is 1. The van der Waals surface area contributed by atoms with E-state index in [-0.39, 0.29) is 26.1 Å². The Bertz CT molecular complexity index is 543. The number of aryl methyl sites for hydroxylation is 1. The van der Waals surface area contributed by atoms with Gasteiger partial charge in [0.15, 0.2) is 0 Å². The summed E-state index contributed by atoms with van der Waals surface area (Å²) in [6.45, 7) is 0.317. The van der Waals surface area contributed by atoms with Crippen LogP contribution in [0.5, 0.6) is 0 Å². The van der Waals surface area contributed by atoms with Crippen LogP contribution in [-0.4, -0.2) is 23.6 Å². The number of nitrogens with one attached hydrogen (secondary N) is 1. The Morgan fingerprint density at radius 3 is 2.65 bits per heavy atom. The van der Waals surface area contributed by atoms with Gasteiger partial charge in [-0.1, -0.05) is 11.6 Å². The van der Waals surface area contributed by atoms with Crippen LogP contribution in [-0.2, 0) is 17.5 Å². The van der Waals surface area contributed by atoms with Gasteiger partial charge in [-0.2, -0.15) is 13.2 Å². The Morgan fingerprint density at radius 2 is 2.10 bits per heavy atom. The van der Waals surface area contributed by atoms with E-state index in [1.54, 1.807) is 0 Å². The molecule has 0 saturated carbocycles. The molecule has 1 rings (SSSR count). The van der Waals surface area contributed by atoms with E-state index in [2.05, 4.69) is 5.32 Å². The molecule has 0 bridgehead atoms. The molecule has 0 radical (unpaired) electrons. The summed E-state index contributed by atoms with van der Waals surface area (Å²) in [4.78, 5) is 22.9. The summed E-state index contributed by atoms with van der Waals surface area (Å²) in [7, 11) is 0. The van der Waals surface area contributed by atoms with E-state index < -0.39 is 28.2 Å². The summed E-state index contributed by atoms with van der Waals surface area (Å²) >= 11 is 5.47. The average Bonchev–Trinajstić information content (AvgIpc) is 2.36. The summed E-state index contributed by atoms with van der Waals surface area (Å²) in [6.07, 6.45) is -4.11. The predicted molar refractivity (Wildman–Crippen MR) is 67.4 cm³/mol. The Balaban J connectivity index is 2.87. The molecule has 0 aliphatic heterocycles. The molecule has 9 heteroatoms.